The molecule has 2 aromatic carbocycles. The van der Waals surface area contributed by atoms with Crippen molar-refractivity contribution in [2.24, 2.45) is 5.73 Å². The Morgan fingerprint density at radius 1 is 1.00 bits per heavy atom. The minimum Gasteiger partial charge on any atom is -0.408 e. The Labute approximate surface area is 114 Å². The summed E-state index contributed by atoms with van der Waals surface area (Å²) < 4.78 is 4.82. The van der Waals surface area contributed by atoms with E-state index in [-0.39, 0.29) is 5.75 Å². The Morgan fingerprint density at radius 3 is 2.26 bits per heavy atom. The molecule has 6 heteroatoms. The van der Waals surface area contributed by atoms with E-state index >= 15 is 0 Å². The lowest BCUT2D eigenvalue weighted by atomic mass is 10.3. The van der Waals surface area contributed by atoms with Crippen molar-refractivity contribution in [2.75, 3.05) is 11.5 Å². The molecule has 98 valence electrons. The molecule has 1 amide bonds. The standard InChI is InChI=1S/C13H13N3O2S/c14-8-1-3-9(4-2-8)19-10-5-6-11(15)12(7-10)18-13(16)17/h1-7H,14-15H2,(H2,16,17). The summed E-state index contributed by atoms with van der Waals surface area (Å²) in [6.07, 6.45) is -0.888. The normalized spacial score (nSPS) is 10.1. The van der Waals surface area contributed by atoms with E-state index in [0.29, 0.717) is 11.4 Å². The van der Waals surface area contributed by atoms with Crippen LogP contribution in [0.4, 0.5) is 16.2 Å². The zero-order valence-electron chi connectivity index (χ0n) is 10.00. The molecule has 0 bridgehead atoms. The van der Waals surface area contributed by atoms with Crippen molar-refractivity contribution in [3.05, 3.63) is 42.5 Å². The van der Waals surface area contributed by atoms with Gasteiger partial charge in [0, 0.05) is 15.5 Å². The maximum absolute atomic E-state index is 10.8. The number of amides is 1. The second-order valence-electron chi connectivity index (χ2n) is 3.79. The number of primary amides is 1. The third kappa shape index (κ3) is 3.56. The van der Waals surface area contributed by atoms with Gasteiger partial charge in [-0.3, -0.25) is 0 Å². The van der Waals surface area contributed by atoms with Gasteiger partial charge in [0.1, 0.15) is 0 Å². The molecule has 0 saturated heterocycles. The van der Waals surface area contributed by atoms with Crippen LogP contribution in [0.15, 0.2) is 52.3 Å². The van der Waals surface area contributed by atoms with Gasteiger partial charge in [0.15, 0.2) is 5.75 Å². The number of nitrogen functional groups attached to an aromatic ring is 2. The van der Waals surface area contributed by atoms with Gasteiger partial charge in [0.05, 0.1) is 5.69 Å². The number of benzene rings is 2. The number of carbonyl (C=O) groups is 1. The predicted molar refractivity (Wildman–Crippen MR) is 76.0 cm³/mol. The molecule has 0 atom stereocenters. The zero-order valence-corrected chi connectivity index (χ0v) is 10.8. The van der Waals surface area contributed by atoms with Crippen LogP contribution >= 0.6 is 11.8 Å². The molecule has 2 rings (SSSR count). The Balaban J connectivity index is 2.21. The highest BCUT2D eigenvalue weighted by molar-refractivity contribution is 7.99. The van der Waals surface area contributed by atoms with Crippen molar-refractivity contribution in [3.63, 3.8) is 0 Å². The molecule has 0 aromatic heterocycles. The number of hydrogen-bond donors (Lipinski definition) is 3. The van der Waals surface area contributed by atoms with Crippen molar-refractivity contribution in [3.8, 4) is 5.75 Å². The Bertz CT molecular complexity index is 599. The molecular formula is C13H13N3O2S. The Kier molecular flexibility index (Phi) is 3.82. The average molecular weight is 275 g/mol. The molecule has 0 heterocycles. The topological polar surface area (TPSA) is 104 Å². The van der Waals surface area contributed by atoms with E-state index in [1.807, 2.05) is 30.3 Å². The molecule has 0 spiro atoms. The summed E-state index contributed by atoms with van der Waals surface area (Å²) in [6, 6.07) is 12.6. The van der Waals surface area contributed by atoms with Crippen molar-refractivity contribution in [1.82, 2.24) is 0 Å². The fourth-order valence-electron chi connectivity index (χ4n) is 1.45. The summed E-state index contributed by atoms with van der Waals surface area (Å²) in [7, 11) is 0. The maximum atomic E-state index is 10.8. The quantitative estimate of drug-likeness (QED) is 0.746. The second-order valence-corrected chi connectivity index (χ2v) is 4.94. The van der Waals surface area contributed by atoms with Gasteiger partial charge in [-0.1, -0.05) is 11.8 Å². The van der Waals surface area contributed by atoms with Gasteiger partial charge < -0.3 is 21.9 Å². The lowest BCUT2D eigenvalue weighted by Gasteiger charge is -2.07. The first-order chi connectivity index (χ1) is 9.04. The number of carbonyl (C=O) groups excluding carboxylic acids is 1. The van der Waals surface area contributed by atoms with Gasteiger partial charge in [-0.15, -0.1) is 0 Å². The molecule has 0 unspecified atom stereocenters. The molecule has 19 heavy (non-hydrogen) atoms. The highest BCUT2D eigenvalue weighted by Gasteiger charge is 2.06. The van der Waals surface area contributed by atoms with E-state index in [1.54, 1.807) is 12.1 Å². The van der Waals surface area contributed by atoms with Crippen molar-refractivity contribution in [2.45, 2.75) is 9.79 Å². The summed E-state index contributed by atoms with van der Waals surface area (Å²) in [6.45, 7) is 0. The van der Waals surface area contributed by atoms with E-state index in [4.69, 9.17) is 21.9 Å². The van der Waals surface area contributed by atoms with E-state index < -0.39 is 6.09 Å². The Morgan fingerprint density at radius 2 is 1.63 bits per heavy atom. The van der Waals surface area contributed by atoms with Gasteiger partial charge in [0.2, 0.25) is 0 Å². The predicted octanol–water partition coefficient (Wildman–Crippen LogP) is 2.46. The van der Waals surface area contributed by atoms with Gasteiger partial charge in [-0.25, -0.2) is 4.79 Å². The highest BCUT2D eigenvalue weighted by Crippen LogP contribution is 2.33. The number of anilines is 2. The smallest absolute Gasteiger partial charge is 0.408 e. The number of hydrogen-bond acceptors (Lipinski definition) is 5. The van der Waals surface area contributed by atoms with Crippen LogP contribution in [0.2, 0.25) is 0 Å². The van der Waals surface area contributed by atoms with Crippen LogP contribution in [0.25, 0.3) is 0 Å². The van der Waals surface area contributed by atoms with Crippen LogP contribution in [-0.4, -0.2) is 6.09 Å². The molecule has 0 saturated carbocycles. The third-order valence-electron chi connectivity index (χ3n) is 2.31. The molecule has 2 aromatic rings. The summed E-state index contributed by atoms with van der Waals surface area (Å²) in [5.41, 5.74) is 17.4. The van der Waals surface area contributed by atoms with Crippen LogP contribution in [0.5, 0.6) is 5.75 Å². The molecule has 0 aliphatic heterocycles. The minimum absolute atomic E-state index is 0.257. The van der Waals surface area contributed by atoms with Crippen molar-refractivity contribution < 1.29 is 9.53 Å². The monoisotopic (exact) mass is 275 g/mol. The molecule has 6 N–H and O–H groups in total. The summed E-state index contributed by atoms with van der Waals surface area (Å²) >= 11 is 1.50. The lowest BCUT2D eigenvalue weighted by molar-refractivity contribution is 0.211. The molecular weight excluding hydrogens is 262 g/mol. The number of rotatable bonds is 3. The molecule has 0 aliphatic rings. The summed E-state index contributed by atoms with van der Waals surface area (Å²) in [4.78, 5) is 12.7. The largest absolute Gasteiger partial charge is 0.410 e. The van der Waals surface area contributed by atoms with Gasteiger partial charge in [-0.05, 0) is 42.5 Å². The average Bonchev–Trinajstić information content (AvgIpc) is 2.36. The number of ether oxygens (including phenoxy) is 1. The van der Waals surface area contributed by atoms with Gasteiger partial charge in [0.25, 0.3) is 0 Å². The number of nitrogens with two attached hydrogens (primary N) is 3. The van der Waals surface area contributed by atoms with Crippen LogP contribution in [0.3, 0.4) is 0 Å². The fraction of sp³-hybridized carbons (Fsp3) is 0. The van der Waals surface area contributed by atoms with Crippen LogP contribution < -0.4 is 21.9 Å². The van der Waals surface area contributed by atoms with E-state index in [9.17, 15) is 4.79 Å². The molecule has 0 aliphatic carbocycles. The van der Waals surface area contributed by atoms with E-state index in [1.165, 1.54) is 11.8 Å². The zero-order chi connectivity index (χ0) is 13.8. The van der Waals surface area contributed by atoms with Crippen molar-refractivity contribution in [1.29, 1.82) is 0 Å². The molecule has 0 fully saturated rings. The second kappa shape index (κ2) is 5.53. The van der Waals surface area contributed by atoms with Crippen LogP contribution in [0.1, 0.15) is 0 Å². The summed E-state index contributed by atoms with van der Waals surface area (Å²) in [5, 5.41) is 0. The third-order valence-corrected chi connectivity index (χ3v) is 3.31. The first-order valence-electron chi connectivity index (χ1n) is 5.45. The first-order valence-corrected chi connectivity index (χ1v) is 6.26. The van der Waals surface area contributed by atoms with Crippen LogP contribution in [-0.2, 0) is 0 Å². The summed E-state index contributed by atoms with van der Waals surface area (Å²) in [5.74, 6) is 0.257. The minimum atomic E-state index is -0.888. The maximum Gasteiger partial charge on any atom is 0.410 e. The fourth-order valence-corrected chi connectivity index (χ4v) is 2.29. The molecule has 5 nitrogen and oxygen atoms in total. The van der Waals surface area contributed by atoms with E-state index in [2.05, 4.69) is 0 Å². The lowest BCUT2D eigenvalue weighted by Crippen LogP contribution is -2.17. The highest BCUT2D eigenvalue weighted by atomic mass is 32.2. The van der Waals surface area contributed by atoms with E-state index in [0.717, 1.165) is 9.79 Å². The van der Waals surface area contributed by atoms with Gasteiger partial charge >= 0.3 is 6.09 Å². The Hall–Kier alpha value is -2.34. The molecule has 0 radical (unpaired) electrons. The first kappa shape index (κ1) is 13.1. The SMILES string of the molecule is NC(=O)Oc1cc(Sc2ccc(N)cc2)ccc1N. The van der Waals surface area contributed by atoms with Gasteiger partial charge in [-0.2, -0.15) is 0 Å². The van der Waals surface area contributed by atoms with Crippen LogP contribution in [0, 0.1) is 0 Å². The van der Waals surface area contributed by atoms with Crippen molar-refractivity contribution >= 4 is 29.2 Å².